The Hall–Kier alpha value is -2.99. The quantitative estimate of drug-likeness (QED) is 0.180. The van der Waals surface area contributed by atoms with Crippen LogP contribution in [-0.2, 0) is 24.4 Å². The summed E-state index contributed by atoms with van der Waals surface area (Å²) in [6.07, 6.45) is 1.82. The van der Waals surface area contributed by atoms with Gasteiger partial charge in [-0.2, -0.15) is 0 Å². The van der Waals surface area contributed by atoms with Crippen molar-refractivity contribution in [2.24, 2.45) is 11.8 Å². The molecule has 0 aliphatic heterocycles. The van der Waals surface area contributed by atoms with E-state index in [0.29, 0.717) is 32.0 Å². The van der Waals surface area contributed by atoms with Gasteiger partial charge in [-0.3, -0.25) is 4.79 Å². The zero-order valence-electron chi connectivity index (χ0n) is 18.5. The fraction of sp³-hybridized carbons (Fsp3) is 0.524. The molecule has 0 radical (unpaired) electrons. The summed E-state index contributed by atoms with van der Waals surface area (Å²) < 4.78 is 27.1. The highest BCUT2D eigenvalue weighted by Crippen LogP contribution is 2.22. The van der Waals surface area contributed by atoms with Crippen LogP contribution in [0, 0.1) is 11.8 Å². The van der Waals surface area contributed by atoms with Crippen LogP contribution >= 0.6 is 0 Å². The first-order chi connectivity index (χ1) is 15.4. The number of amides is 1. The van der Waals surface area contributed by atoms with E-state index in [4.69, 9.17) is 10.2 Å². The van der Waals surface area contributed by atoms with Crippen LogP contribution in [0.4, 0.5) is 0 Å². The average Bonchev–Trinajstić information content (AvgIpc) is 2.71. The third-order valence-corrected chi connectivity index (χ3v) is 6.31. The van der Waals surface area contributed by atoms with Crippen LogP contribution in [0.25, 0.3) is 0 Å². The Morgan fingerprint density at radius 3 is 2.33 bits per heavy atom. The van der Waals surface area contributed by atoms with Crippen molar-refractivity contribution >= 4 is 34.2 Å². The number of hydrogen-bond donors (Lipinski definition) is 5. The number of unbranched alkanes of at least 4 members (excludes halogenated alkanes) is 1. The van der Waals surface area contributed by atoms with E-state index in [2.05, 4.69) is 10.0 Å². The number of carbonyl (C=O) groups is 4. The molecule has 1 unspecified atom stereocenters. The molecule has 11 nitrogen and oxygen atoms in total. The molecular formula is C21H30N2O9S. The molecule has 0 heterocycles. The molecule has 0 aliphatic carbocycles. The predicted molar refractivity (Wildman–Crippen MR) is 117 cm³/mol. The molecule has 33 heavy (non-hydrogen) atoms. The Labute approximate surface area is 192 Å². The molecule has 0 saturated heterocycles. The number of carbonyl (C=O) groups excluding carboxylic acids is 2. The van der Waals surface area contributed by atoms with Gasteiger partial charge in [-0.25, -0.2) is 22.7 Å². The number of carboxylic acid groups (broad SMARTS) is 2. The molecule has 0 bridgehead atoms. The van der Waals surface area contributed by atoms with Gasteiger partial charge in [-0.15, -0.1) is 0 Å². The minimum Gasteiger partial charge on any atom is -0.507 e. The fourth-order valence-electron chi connectivity index (χ4n) is 3.19. The SMILES string of the molecule is CC(C)CC(CCCCNS(=O)(=O)c1ccc(O)c(C(=O)O)c1)C(=O)N[C@@H](CC=O)C(=O)O. The number of sulfonamides is 1. The topological polar surface area (TPSA) is 187 Å². The monoisotopic (exact) mass is 486 g/mol. The van der Waals surface area contributed by atoms with Gasteiger partial charge in [0.2, 0.25) is 15.9 Å². The summed E-state index contributed by atoms with van der Waals surface area (Å²) in [5.74, 6) is -4.11. The number of rotatable bonds is 15. The van der Waals surface area contributed by atoms with Gasteiger partial charge in [0.25, 0.3) is 0 Å². The predicted octanol–water partition coefficient (Wildman–Crippen LogP) is 1.36. The number of aromatic hydroxyl groups is 1. The van der Waals surface area contributed by atoms with E-state index in [9.17, 15) is 32.7 Å². The van der Waals surface area contributed by atoms with Crippen molar-refractivity contribution in [1.82, 2.24) is 10.0 Å². The number of phenols is 1. The summed E-state index contributed by atoms with van der Waals surface area (Å²) >= 11 is 0. The number of carboxylic acids is 2. The van der Waals surface area contributed by atoms with Crippen LogP contribution in [-0.4, -0.2) is 60.5 Å². The van der Waals surface area contributed by atoms with E-state index < -0.39 is 51.1 Å². The first kappa shape index (κ1) is 28.0. The van der Waals surface area contributed by atoms with Gasteiger partial charge in [0.15, 0.2) is 0 Å². The number of hydrogen-bond acceptors (Lipinski definition) is 7. The maximum absolute atomic E-state index is 12.5. The molecule has 5 N–H and O–H groups in total. The van der Waals surface area contributed by atoms with Crippen LogP contribution in [0.1, 0.15) is 56.3 Å². The molecule has 0 spiro atoms. The Kier molecular flexibility index (Phi) is 11.0. The summed E-state index contributed by atoms with van der Waals surface area (Å²) in [6.45, 7) is 3.86. The normalized spacial score (nSPS) is 13.3. The van der Waals surface area contributed by atoms with Gasteiger partial charge in [-0.1, -0.05) is 20.3 Å². The number of aliphatic carboxylic acids is 1. The van der Waals surface area contributed by atoms with Gasteiger partial charge >= 0.3 is 11.9 Å². The molecule has 0 saturated carbocycles. The molecule has 1 amide bonds. The van der Waals surface area contributed by atoms with Crippen molar-refractivity contribution in [1.29, 1.82) is 0 Å². The van der Waals surface area contributed by atoms with Gasteiger partial charge < -0.3 is 25.4 Å². The second kappa shape index (κ2) is 12.9. The third kappa shape index (κ3) is 9.18. The summed E-state index contributed by atoms with van der Waals surface area (Å²) in [6, 6.07) is 1.65. The first-order valence-electron chi connectivity index (χ1n) is 10.4. The van der Waals surface area contributed by atoms with E-state index in [-0.39, 0.29) is 23.8 Å². The van der Waals surface area contributed by atoms with E-state index in [1.807, 2.05) is 13.8 Å². The standard InChI is InChI=1S/C21H30N2O9S/c1-13(2)11-14(19(26)23-17(8-10-24)21(29)30)5-3-4-9-22-33(31,32)15-6-7-18(25)16(12-15)20(27)28/h6-7,10,12-14,17,22,25H,3-5,8-9,11H2,1-2H3,(H,23,26)(H,27,28)(H,29,30)/t14?,17-/m0/s1. The van der Waals surface area contributed by atoms with Gasteiger partial charge in [0, 0.05) is 18.9 Å². The van der Waals surface area contributed by atoms with Gasteiger partial charge in [-0.05, 0) is 43.4 Å². The Morgan fingerprint density at radius 1 is 1.12 bits per heavy atom. The Morgan fingerprint density at radius 2 is 1.79 bits per heavy atom. The van der Waals surface area contributed by atoms with Crippen molar-refractivity contribution in [3.8, 4) is 5.75 Å². The molecule has 0 aromatic heterocycles. The van der Waals surface area contributed by atoms with E-state index in [1.54, 1.807) is 0 Å². The Bertz CT molecular complexity index is 960. The molecule has 184 valence electrons. The number of aromatic carboxylic acids is 1. The molecule has 1 aromatic rings. The lowest BCUT2D eigenvalue weighted by atomic mass is 9.91. The second-order valence-corrected chi connectivity index (χ2v) is 9.77. The highest BCUT2D eigenvalue weighted by molar-refractivity contribution is 7.89. The number of nitrogens with one attached hydrogen (secondary N) is 2. The van der Waals surface area contributed by atoms with Crippen LogP contribution < -0.4 is 10.0 Å². The lowest BCUT2D eigenvalue weighted by molar-refractivity contribution is -0.143. The molecule has 1 aromatic carbocycles. The molecule has 0 fully saturated rings. The summed E-state index contributed by atoms with van der Waals surface area (Å²) in [5.41, 5.74) is -0.533. The van der Waals surface area contributed by atoms with Crippen LogP contribution in [0.3, 0.4) is 0 Å². The average molecular weight is 487 g/mol. The minimum absolute atomic E-state index is 0.0323. The van der Waals surface area contributed by atoms with Crippen LogP contribution in [0.5, 0.6) is 5.75 Å². The van der Waals surface area contributed by atoms with Crippen LogP contribution in [0.2, 0.25) is 0 Å². The van der Waals surface area contributed by atoms with Crippen molar-refractivity contribution in [3.05, 3.63) is 23.8 Å². The van der Waals surface area contributed by atoms with Gasteiger partial charge in [0.05, 0.1) is 4.90 Å². The zero-order chi connectivity index (χ0) is 25.2. The Balaban J connectivity index is 2.67. The second-order valence-electron chi connectivity index (χ2n) is 8.01. The summed E-state index contributed by atoms with van der Waals surface area (Å²) in [7, 11) is -4.00. The maximum atomic E-state index is 12.5. The van der Waals surface area contributed by atoms with E-state index >= 15 is 0 Å². The highest BCUT2D eigenvalue weighted by atomic mass is 32.2. The van der Waals surface area contributed by atoms with Crippen molar-refractivity contribution in [3.63, 3.8) is 0 Å². The molecule has 1 rings (SSSR count). The maximum Gasteiger partial charge on any atom is 0.339 e. The third-order valence-electron chi connectivity index (χ3n) is 4.85. The summed E-state index contributed by atoms with van der Waals surface area (Å²) in [5, 5.41) is 30.0. The number of aldehydes is 1. The highest BCUT2D eigenvalue weighted by Gasteiger charge is 2.25. The van der Waals surface area contributed by atoms with Crippen molar-refractivity contribution < 1.29 is 42.9 Å². The van der Waals surface area contributed by atoms with Crippen LogP contribution in [0.15, 0.2) is 23.1 Å². The largest absolute Gasteiger partial charge is 0.507 e. The van der Waals surface area contributed by atoms with Gasteiger partial charge in [0.1, 0.15) is 23.6 Å². The smallest absolute Gasteiger partial charge is 0.339 e. The molecular weight excluding hydrogens is 456 g/mol. The first-order valence-corrected chi connectivity index (χ1v) is 11.9. The lowest BCUT2D eigenvalue weighted by Crippen LogP contribution is -2.44. The molecule has 12 heteroatoms. The molecule has 2 atom stereocenters. The number of benzene rings is 1. The van der Waals surface area contributed by atoms with Crippen molar-refractivity contribution in [2.75, 3.05) is 6.54 Å². The van der Waals surface area contributed by atoms with Crippen molar-refractivity contribution in [2.45, 2.75) is 56.9 Å². The minimum atomic E-state index is -4.00. The fourth-order valence-corrected chi connectivity index (χ4v) is 4.29. The van der Waals surface area contributed by atoms with E-state index in [1.165, 1.54) is 0 Å². The summed E-state index contributed by atoms with van der Waals surface area (Å²) in [4.78, 5) is 45.1. The van der Waals surface area contributed by atoms with E-state index in [0.717, 1.165) is 18.2 Å². The molecule has 0 aliphatic rings. The lowest BCUT2D eigenvalue weighted by Gasteiger charge is -2.21. The zero-order valence-corrected chi connectivity index (χ0v) is 19.3.